The maximum atomic E-state index is 12.7. The number of nitrogens with zero attached hydrogens (tertiary/aromatic N) is 1. The van der Waals surface area contributed by atoms with Crippen LogP contribution in [0.5, 0.6) is 0 Å². The van der Waals surface area contributed by atoms with Gasteiger partial charge in [-0.3, -0.25) is 9.59 Å². The lowest BCUT2D eigenvalue weighted by Crippen LogP contribution is -2.56. The van der Waals surface area contributed by atoms with Gasteiger partial charge in [-0.2, -0.15) is 0 Å². The second-order valence-corrected chi connectivity index (χ2v) is 6.55. The van der Waals surface area contributed by atoms with Gasteiger partial charge in [0.15, 0.2) is 6.04 Å². The zero-order chi connectivity index (χ0) is 19.3. The van der Waals surface area contributed by atoms with Gasteiger partial charge in [0.25, 0.3) is 0 Å². The van der Waals surface area contributed by atoms with Gasteiger partial charge in [-0.15, -0.1) is 0 Å². The molecule has 0 bridgehead atoms. The second-order valence-electron chi connectivity index (χ2n) is 6.55. The molecule has 4 atom stereocenters. The van der Waals surface area contributed by atoms with E-state index in [1.54, 1.807) is 0 Å². The van der Waals surface area contributed by atoms with E-state index in [9.17, 15) is 19.5 Å². The standard InChI is InChI=1S/C18H25N3O5/c1-11(22)15(18(25)26)20-16(23)14-8-5-9-21(14)17(24)13(19)10-12-6-3-2-4-7-12/h2-4,6-7,11,13-15,22H,5,8-10,19H2,1H3,(H,20,23)(H,25,26). The van der Waals surface area contributed by atoms with Gasteiger partial charge in [0.05, 0.1) is 12.1 Å². The van der Waals surface area contributed by atoms with Gasteiger partial charge in [-0.1, -0.05) is 30.3 Å². The van der Waals surface area contributed by atoms with Gasteiger partial charge in [-0.05, 0) is 31.7 Å². The van der Waals surface area contributed by atoms with Crippen molar-refractivity contribution in [2.45, 2.75) is 50.4 Å². The van der Waals surface area contributed by atoms with E-state index in [0.29, 0.717) is 25.8 Å². The quantitative estimate of drug-likeness (QED) is 0.516. The molecule has 1 aromatic carbocycles. The van der Waals surface area contributed by atoms with Crippen molar-refractivity contribution in [3.8, 4) is 0 Å². The van der Waals surface area contributed by atoms with E-state index >= 15 is 0 Å². The molecule has 0 saturated carbocycles. The number of amides is 2. The van der Waals surface area contributed by atoms with Crippen LogP contribution in [-0.4, -0.2) is 63.7 Å². The first kappa shape index (κ1) is 19.9. The van der Waals surface area contributed by atoms with E-state index in [1.807, 2.05) is 30.3 Å². The molecule has 5 N–H and O–H groups in total. The van der Waals surface area contributed by atoms with E-state index in [1.165, 1.54) is 11.8 Å². The lowest BCUT2D eigenvalue weighted by atomic mass is 10.0. The number of rotatable bonds is 7. The van der Waals surface area contributed by atoms with E-state index in [-0.39, 0.29) is 5.91 Å². The topological polar surface area (TPSA) is 133 Å². The first-order valence-corrected chi connectivity index (χ1v) is 8.62. The number of aliphatic carboxylic acids is 1. The van der Waals surface area contributed by atoms with Crippen LogP contribution in [0, 0.1) is 0 Å². The molecule has 142 valence electrons. The largest absolute Gasteiger partial charge is 0.480 e. The molecule has 1 saturated heterocycles. The SMILES string of the molecule is CC(O)C(NC(=O)C1CCCN1C(=O)C(N)Cc1ccccc1)C(=O)O. The highest BCUT2D eigenvalue weighted by molar-refractivity contribution is 5.92. The summed E-state index contributed by atoms with van der Waals surface area (Å²) in [7, 11) is 0. The molecule has 2 rings (SSSR count). The summed E-state index contributed by atoms with van der Waals surface area (Å²) in [4.78, 5) is 37.7. The molecule has 0 aromatic heterocycles. The predicted molar refractivity (Wildman–Crippen MR) is 94.1 cm³/mol. The fourth-order valence-corrected chi connectivity index (χ4v) is 3.11. The number of hydrogen-bond acceptors (Lipinski definition) is 5. The lowest BCUT2D eigenvalue weighted by molar-refractivity contribution is -0.146. The van der Waals surface area contributed by atoms with Gasteiger partial charge < -0.3 is 26.2 Å². The van der Waals surface area contributed by atoms with Gasteiger partial charge in [0, 0.05) is 6.54 Å². The number of likely N-dealkylation sites (tertiary alicyclic amines) is 1. The molecular weight excluding hydrogens is 338 g/mol. The Hall–Kier alpha value is -2.45. The number of aliphatic hydroxyl groups is 1. The first-order valence-electron chi connectivity index (χ1n) is 8.62. The summed E-state index contributed by atoms with van der Waals surface area (Å²) in [5, 5.41) is 20.9. The van der Waals surface area contributed by atoms with Crippen LogP contribution < -0.4 is 11.1 Å². The van der Waals surface area contributed by atoms with Crippen LogP contribution in [0.2, 0.25) is 0 Å². The minimum Gasteiger partial charge on any atom is -0.480 e. The van der Waals surface area contributed by atoms with Crippen molar-refractivity contribution >= 4 is 17.8 Å². The highest BCUT2D eigenvalue weighted by Gasteiger charge is 2.38. The monoisotopic (exact) mass is 363 g/mol. The van der Waals surface area contributed by atoms with E-state index in [0.717, 1.165) is 5.56 Å². The highest BCUT2D eigenvalue weighted by atomic mass is 16.4. The van der Waals surface area contributed by atoms with Crippen molar-refractivity contribution in [1.82, 2.24) is 10.2 Å². The number of nitrogens with one attached hydrogen (secondary N) is 1. The zero-order valence-electron chi connectivity index (χ0n) is 14.7. The number of benzene rings is 1. The van der Waals surface area contributed by atoms with Crippen LogP contribution in [0.25, 0.3) is 0 Å². The summed E-state index contributed by atoms with van der Waals surface area (Å²) < 4.78 is 0. The van der Waals surface area contributed by atoms with Crippen LogP contribution in [-0.2, 0) is 20.8 Å². The minimum absolute atomic E-state index is 0.338. The summed E-state index contributed by atoms with van der Waals surface area (Å²) >= 11 is 0. The summed E-state index contributed by atoms with van der Waals surface area (Å²) in [5.74, 6) is -2.25. The summed E-state index contributed by atoms with van der Waals surface area (Å²) in [5.41, 5.74) is 6.96. The van der Waals surface area contributed by atoms with Crippen molar-refractivity contribution in [2.24, 2.45) is 5.73 Å². The number of carbonyl (C=O) groups is 3. The first-order chi connectivity index (χ1) is 12.3. The molecule has 1 heterocycles. The van der Waals surface area contributed by atoms with Gasteiger partial charge in [0.2, 0.25) is 11.8 Å². The molecule has 2 amide bonds. The number of carbonyl (C=O) groups excluding carboxylic acids is 2. The normalized spacial score (nSPS) is 20.3. The number of nitrogens with two attached hydrogens (primary N) is 1. The number of carboxylic acids is 1. The Morgan fingerprint density at radius 2 is 1.96 bits per heavy atom. The zero-order valence-corrected chi connectivity index (χ0v) is 14.7. The van der Waals surface area contributed by atoms with Crippen molar-refractivity contribution < 1.29 is 24.6 Å². The van der Waals surface area contributed by atoms with E-state index in [4.69, 9.17) is 10.8 Å². The number of hydrogen-bond donors (Lipinski definition) is 4. The summed E-state index contributed by atoms with van der Waals surface area (Å²) in [6, 6.07) is 6.38. The van der Waals surface area contributed by atoms with Crippen LogP contribution in [0.15, 0.2) is 30.3 Å². The summed E-state index contributed by atoms with van der Waals surface area (Å²) in [6.45, 7) is 1.68. The Balaban J connectivity index is 2.02. The van der Waals surface area contributed by atoms with Crippen molar-refractivity contribution in [1.29, 1.82) is 0 Å². The Morgan fingerprint density at radius 3 is 2.54 bits per heavy atom. The van der Waals surface area contributed by atoms with Crippen LogP contribution in [0.4, 0.5) is 0 Å². The van der Waals surface area contributed by atoms with Crippen molar-refractivity contribution in [3.05, 3.63) is 35.9 Å². The Kier molecular flexibility index (Phi) is 6.70. The van der Waals surface area contributed by atoms with Crippen LogP contribution in [0.3, 0.4) is 0 Å². The lowest BCUT2D eigenvalue weighted by Gasteiger charge is -2.28. The molecule has 0 radical (unpaired) electrons. The van der Waals surface area contributed by atoms with Gasteiger partial charge in [0.1, 0.15) is 6.04 Å². The van der Waals surface area contributed by atoms with Crippen LogP contribution in [0.1, 0.15) is 25.3 Å². The molecule has 8 heteroatoms. The van der Waals surface area contributed by atoms with Gasteiger partial charge >= 0.3 is 5.97 Å². The maximum Gasteiger partial charge on any atom is 0.328 e. The Labute approximate surface area is 152 Å². The Morgan fingerprint density at radius 1 is 1.31 bits per heavy atom. The molecule has 1 aliphatic heterocycles. The van der Waals surface area contributed by atoms with Crippen molar-refractivity contribution in [3.63, 3.8) is 0 Å². The van der Waals surface area contributed by atoms with Crippen molar-refractivity contribution in [2.75, 3.05) is 6.54 Å². The maximum absolute atomic E-state index is 12.7. The average molecular weight is 363 g/mol. The van der Waals surface area contributed by atoms with E-state index in [2.05, 4.69) is 5.32 Å². The third-order valence-electron chi connectivity index (χ3n) is 4.50. The number of carboxylic acid groups (broad SMARTS) is 1. The third-order valence-corrected chi connectivity index (χ3v) is 4.50. The van der Waals surface area contributed by atoms with Gasteiger partial charge in [-0.25, -0.2) is 4.79 Å². The minimum atomic E-state index is -1.42. The van der Waals surface area contributed by atoms with Crippen LogP contribution >= 0.6 is 0 Å². The molecule has 4 unspecified atom stereocenters. The third kappa shape index (κ3) is 4.80. The molecule has 8 nitrogen and oxygen atoms in total. The molecule has 1 aromatic rings. The molecule has 26 heavy (non-hydrogen) atoms. The molecule has 0 aliphatic carbocycles. The van der Waals surface area contributed by atoms with E-state index < -0.39 is 36.1 Å². The highest BCUT2D eigenvalue weighted by Crippen LogP contribution is 2.19. The fourth-order valence-electron chi connectivity index (χ4n) is 3.11. The predicted octanol–water partition coefficient (Wildman–Crippen LogP) is -0.502. The number of aliphatic hydroxyl groups excluding tert-OH is 1. The molecule has 1 fully saturated rings. The molecule has 1 aliphatic rings. The smallest absolute Gasteiger partial charge is 0.328 e. The fraction of sp³-hybridized carbons (Fsp3) is 0.500. The average Bonchev–Trinajstić information content (AvgIpc) is 3.08. The summed E-state index contributed by atoms with van der Waals surface area (Å²) in [6.07, 6.45) is 0.175. The molecule has 0 spiro atoms. The molecular formula is C18H25N3O5. The second kappa shape index (κ2) is 8.77. The Bertz CT molecular complexity index is 649.